The van der Waals surface area contributed by atoms with E-state index in [0.29, 0.717) is 27.8 Å². The number of aromatic nitrogens is 1. The number of hydrogen-bond acceptors (Lipinski definition) is 6. The van der Waals surface area contributed by atoms with Crippen LogP contribution in [-0.2, 0) is 0 Å². The first-order chi connectivity index (χ1) is 9.08. The Bertz CT molecular complexity index is 621. The zero-order valence-electron chi connectivity index (χ0n) is 10.7. The molecule has 1 heterocycles. The summed E-state index contributed by atoms with van der Waals surface area (Å²) in [7, 11) is 3.07. The van der Waals surface area contributed by atoms with Crippen LogP contribution in [0.5, 0.6) is 11.5 Å². The molecule has 0 saturated heterocycles. The van der Waals surface area contributed by atoms with Crippen LogP contribution in [0.4, 0.5) is 0 Å². The smallest absolute Gasteiger partial charge is 0.170 e. The maximum absolute atomic E-state index is 10.9. The van der Waals surface area contributed by atoms with Gasteiger partial charge >= 0.3 is 0 Å². The van der Waals surface area contributed by atoms with E-state index >= 15 is 0 Å². The number of aryl methyl sites for hydroxylation is 1. The number of carbonyl (C=O) groups excluding carboxylic acids is 1. The molecule has 0 fully saturated rings. The second-order valence-corrected chi connectivity index (χ2v) is 4.76. The molecular weight excluding hydrogens is 266 g/mol. The molecule has 0 amide bonds. The van der Waals surface area contributed by atoms with Gasteiger partial charge in [0, 0.05) is 0 Å². The third kappa shape index (κ3) is 2.39. The summed E-state index contributed by atoms with van der Waals surface area (Å²) in [5.41, 5.74) is 1.13. The van der Waals surface area contributed by atoms with E-state index in [1.165, 1.54) is 7.11 Å². The minimum atomic E-state index is -1.22. The molecule has 0 bridgehead atoms. The number of carbonyl (C=O) groups is 1. The number of hydrogen-bond donors (Lipinski definition) is 0. The van der Waals surface area contributed by atoms with Gasteiger partial charge in [0.25, 0.3) is 0 Å². The highest BCUT2D eigenvalue weighted by molar-refractivity contribution is 7.17. The van der Waals surface area contributed by atoms with Gasteiger partial charge in [-0.3, -0.25) is 0 Å². The van der Waals surface area contributed by atoms with E-state index in [1.54, 1.807) is 32.2 Å². The summed E-state index contributed by atoms with van der Waals surface area (Å²) in [6, 6.07) is 5.37. The van der Waals surface area contributed by atoms with Crippen LogP contribution in [0.25, 0.3) is 10.6 Å². The average molecular weight is 278 g/mol. The van der Waals surface area contributed by atoms with Gasteiger partial charge < -0.3 is 19.4 Å². The van der Waals surface area contributed by atoms with E-state index in [0.717, 1.165) is 11.3 Å². The topological polar surface area (TPSA) is 71.5 Å². The molecule has 0 radical (unpaired) electrons. The second kappa shape index (κ2) is 5.27. The zero-order valence-corrected chi connectivity index (χ0v) is 11.5. The summed E-state index contributed by atoms with van der Waals surface area (Å²) in [6.45, 7) is 1.64. The first kappa shape index (κ1) is 13.4. The van der Waals surface area contributed by atoms with Gasteiger partial charge in [-0.2, -0.15) is 0 Å². The Morgan fingerprint density at radius 3 is 2.58 bits per heavy atom. The van der Waals surface area contributed by atoms with Crippen molar-refractivity contribution in [2.75, 3.05) is 14.2 Å². The maximum Gasteiger partial charge on any atom is 0.170 e. The molecule has 0 spiro atoms. The van der Waals surface area contributed by atoms with Gasteiger partial charge in [0.1, 0.15) is 5.01 Å². The summed E-state index contributed by atoms with van der Waals surface area (Å²) < 4.78 is 10.5. The highest BCUT2D eigenvalue weighted by atomic mass is 32.1. The predicted molar refractivity (Wildman–Crippen MR) is 69.7 cm³/mol. The van der Waals surface area contributed by atoms with E-state index in [2.05, 4.69) is 4.98 Å². The van der Waals surface area contributed by atoms with Gasteiger partial charge in [0.2, 0.25) is 0 Å². The highest BCUT2D eigenvalue weighted by Crippen LogP contribution is 2.39. The van der Waals surface area contributed by atoms with Crippen molar-refractivity contribution >= 4 is 17.3 Å². The third-order valence-electron chi connectivity index (χ3n) is 2.62. The zero-order chi connectivity index (χ0) is 14.0. The Morgan fingerprint density at radius 1 is 1.32 bits per heavy atom. The fraction of sp³-hybridized carbons (Fsp3) is 0.231. The summed E-state index contributed by atoms with van der Waals surface area (Å²) >= 11 is 1.06. The maximum atomic E-state index is 10.9. The van der Waals surface area contributed by atoms with Gasteiger partial charge in [-0.1, -0.05) is 6.07 Å². The van der Waals surface area contributed by atoms with E-state index in [-0.39, 0.29) is 4.88 Å². The number of thiazole rings is 1. The van der Waals surface area contributed by atoms with E-state index in [9.17, 15) is 9.90 Å². The number of para-hydroxylation sites is 1. The Labute approximate surface area is 114 Å². The van der Waals surface area contributed by atoms with Gasteiger partial charge in [0.15, 0.2) is 11.5 Å². The molecule has 1 aromatic heterocycles. The molecule has 5 nitrogen and oxygen atoms in total. The summed E-state index contributed by atoms with van der Waals surface area (Å²) in [5.74, 6) is -0.116. The summed E-state index contributed by atoms with van der Waals surface area (Å²) in [6.07, 6.45) is 0. The van der Waals surface area contributed by atoms with Gasteiger partial charge in [-0.05, 0) is 19.1 Å². The third-order valence-corrected chi connectivity index (χ3v) is 3.79. The standard InChI is InChI=1S/C13H13NO4S/c1-7-11(13(15)16)19-12(14-7)8-5-4-6-9(17-2)10(8)18-3/h4-6H,1-3H3,(H,15,16)/p-1. The number of ether oxygens (including phenoxy) is 2. The minimum absolute atomic E-state index is 0.125. The molecule has 1 aromatic carbocycles. The molecule has 0 aliphatic heterocycles. The molecule has 2 aromatic rings. The largest absolute Gasteiger partial charge is 0.544 e. The van der Waals surface area contributed by atoms with Crippen LogP contribution < -0.4 is 14.6 Å². The Kier molecular flexibility index (Phi) is 3.71. The average Bonchev–Trinajstić information content (AvgIpc) is 2.79. The van der Waals surface area contributed by atoms with Crippen LogP contribution in [0, 0.1) is 6.92 Å². The molecular formula is C13H12NO4S-. The number of benzene rings is 1. The van der Waals surface area contributed by atoms with Gasteiger partial charge in [-0.15, -0.1) is 11.3 Å². The van der Waals surface area contributed by atoms with Crippen molar-refractivity contribution in [3.63, 3.8) is 0 Å². The first-order valence-corrected chi connectivity index (χ1v) is 6.30. The highest BCUT2D eigenvalue weighted by Gasteiger charge is 2.16. The Hall–Kier alpha value is -2.08. The fourth-order valence-electron chi connectivity index (χ4n) is 1.76. The van der Waals surface area contributed by atoms with Crippen molar-refractivity contribution in [1.82, 2.24) is 4.98 Å². The van der Waals surface area contributed by atoms with Crippen molar-refractivity contribution in [2.24, 2.45) is 0 Å². The summed E-state index contributed by atoms with van der Waals surface area (Å²) in [4.78, 5) is 15.3. The van der Waals surface area contributed by atoms with E-state index in [1.807, 2.05) is 0 Å². The second-order valence-electron chi connectivity index (χ2n) is 3.76. The minimum Gasteiger partial charge on any atom is -0.544 e. The van der Waals surface area contributed by atoms with Crippen molar-refractivity contribution in [3.05, 3.63) is 28.8 Å². The van der Waals surface area contributed by atoms with Crippen molar-refractivity contribution in [1.29, 1.82) is 0 Å². The number of rotatable bonds is 4. The number of methoxy groups -OCH3 is 2. The lowest BCUT2D eigenvalue weighted by Crippen LogP contribution is -2.21. The summed E-state index contributed by atoms with van der Waals surface area (Å²) in [5, 5.41) is 11.5. The lowest BCUT2D eigenvalue weighted by atomic mass is 10.2. The number of carboxylic acid groups (broad SMARTS) is 1. The normalized spacial score (nSPS) is 10.3. The molecule has 0 N–H and O–H groups in total. The van der Waals surface area contributed by atoms with Gasteiger partial charge in [-0.25, -0.2) is 4.98 Å². The van der Waals surface area contributed by atoms with Crippen molar-refractivity contribution < 1.29 is 19.4 Å². The molecule has 2 rings (SSSR count). The van der Waals surface area contributed by atoms with E-state index < -0.39 is 5.97 Å². The first-order valence-electron chi connectivity index (χ1n) is 5.48. The lowest BCUT2D eigenvalue weighted by molar-refractivity contribution is -0.254. The molecule has 6 heteroatoms. The molecule has 100 valence electrons. The number of aromatic carboxylic acids is 1. The molecule has 0 atom stereocenters. The Balaban J connectivity index is 2.59. The molecule has 0 aliphatic carbocycles. The Morgan fingerprint density at radius 2 is 2.05 bits per heavy atom. The molecule has 0 saturated carbocycles. The number of nitrogens with zero attached hydrogens (tertiary/aromatic N) is 1. The lowest BCUT2D eigenvalue weighted by Gasteiger charge is -2.10. The molecule has 19 heavy (non-hydrogen) atoms. The van der Waals surface area contributed by atoms with Crippen molar-refractivity contribution in [2.45, 2.75) is 6.92 Å². The molecule has 0 unspecified atom stereocenters. The van der Waals surface area contributed by atoms with Crippen LogP contribution in [0.2, 0.25) is 0 Å². The van der Waals surface area contributed by atoms with Crippen LogP contribution in [0.3, 0.4) is 0 Å². The molecule has 0 aliphatic rings. The van der Waals surface area contributed by atoms with Crippen LogP contribution in [0.15, 0.2) is 18.2 Å². The SMILES string of the molecule is COc1cccc(-c2nc(C)c(C(=O)[O-])s2)c1OC. The fourth-order valence-corrected chi connectivity index (χ4v) is 2.68. The quantitative estimate of drug-likeness (QED) is 0.847. The van der Waals surface area contributed by atoms with Crippen LogP contribution >= 0.6 is 11.3 Å². The van der Waals surface area contributed by atoms with Crippen LogP contribution in [0.1, 0.15) is 15.4 Å². The van der Waals surface area contributed by atoms with Gasteiger partial charge in [0.05, 0.1) is 36.3 Å². The van der Waals surface area contributed by atoms with Crippen molar-refractivity contribution in [3.8, 4) is 22.1 Å². The van der Waals surface area contributed by atoms with E-state index in [4.69, 9.17) is 9.47 Å². The predicted octanol–water partition coefficient (Wildman–Crippen LogP) is 1.50. The number of carboxylic acids is 1. The monoisotopic (exact) mass is 278 g/mol. The van der Waals surface area contributed by atoms with Crippen LogP contribution in [-0.4, -0.2) is 25.2 Å².